The standard InChI is InChI=1S/C12H20O4/c1-7-4-8(13)6-12(2,3)11(7)9(14)5-10(15)16/h8-9,13-14H,4-6H2,1-3H3,(H,15,16)/t8-,9-/m1/s1. The highest BCUT2D eigenvalue weighted by Gasteiger charge is 2.36. The Kier molecular flexibility index (Phi) is 3.76. The molecule has 1 rings (SSSR count). The van der Waals surface area contributed by atoms with Crippen molar-refractivity contribution in [3.05, 3.63) is 11.1 Å². The molecule has 0 aromatic carbocycles. The average molecular weight is 228 g/mol. The van der Waals surface area contributed by atoms with Crippen LogP contribution in [-0.4, -0.2) is 33.5 Å². The Bertz CT molecular complexity index is 317. The van der Waals surface area contributed by atoms with Gasteiger partial charge in [0.25, 0.3) is 0 Å². The number of aliphatic hydroxyl groups is 2. The number of carboxylic acids is 1. The number of hydrogen-bond donors (Lipinski definition) is 3. The van der Waals surface area contributed by atoms with Crippen molar-refractivity contribution in [1.29, 1.82) is 0 Å². The van der Waals surface area contributed by atoms with Crippen molar-refractivity contribution in [2.45, 2.75) is 52.2 Å². The molecule has 0 spiro atoms. The number of aliphatic carboxylic acids is 1. The Morgan fingerprint density at radius 1 is 1.56 bits per heavy atom. The predicted molar refractivity (Wildman–Crippen MR) is 60.0 cm³/mol. The highest BCUT2D eigenvalue weighted by atomic mass is 16.4. The van der Waals surface area contributed by atoms with Crippen molar-refractivity contribution < 1.29 is 20.1 Å². The number of carbonyl (C=O) groups is 1. The van der Waals surface area contributed by atoms with Gasteiger partial charge < -0.3 is 15.3 Å². The van der Waals surface area contributed by atoms with Gasteiger partial charge in [-0.3, -0.25) is 4.79 Å². The minimum Gasteiger partial charge on any atom is -0.481 e. The van der Waals surface area contributed by atoms with Gasteiger partial charge in [0.1, 0.15) is 0 Å². The summed E-state index contributed by atoms with van der Waals surface area (Å²) in [5.74, 6) is -1.00. The first-order valence-corrected chi connectivity index (χ1v) is 5.52. The topological polar surface area (TPSA) is 77.8 Å². The Morgan fingerprint density at radius 3 is 2.56 bits per heavy atom. The number of aliphatic hydroxyl groups excluding tert-OH is 2. The maximum atomic E-state index is 10.6. The fourth-order valence-corrected chi connectivity index (χ4v) is 2.82. The van der Waals surface area contributed by atoms with E-state index in [1.807, 2.05) is 20.8 Å². The summed E-state index contributed by atoms with van der Waals surface area (Å²) in [4.78, 5) is 10.6. The zero-order valence-electron chi connectivity index (χ0n) is 10.0. The van der Waals surface area contributed by atoms with E-state index in [-0.39, 0.29) is 11.8 Å². The van der Waals surface area contributed by atoms with Gasteiger partial charge in [0, 0.05) is 0 Å². The first kappa shape index (κ1) is 13.2. The van der Waals surface area contributed by atoms with E-state index < -0.39 is 18.2 Å². The van der Waals surface area contributed by atoms with E-state index in [1.54, 1.807) is 0 Å². The van der Waals surface area contributed by atoms with E-state index >= 15 is 0 Å². The van der Waals surface area contributed by atoms with Crippen molar-refractivity contribution in [3.63, 3.8) is 0 Å². The van der Waals surface area contributed by atoms with Gasteiger partial charge in [0.2, 0.25) is 0 Å². The monoisotopic (exact) mass is 228 g/mol. The maximum absolute atomic E-state index is 10.6. The highest BCUT2D eigenvalue weighted by molar-refractivity contribution is 5.68. The van der Waals surface area contributed by atoms with Crippen LogP contribution >= 0.6 is 0 Å². The van der Waals surface area contributed by atoms with Crippen LogP contribution < -0.4 is 0 Å². The molecule has 0 aromatic heterocycles. The van der Waals surface area contributed by atoms with Gasteiger partial charge in [-0.1, -0.05) is 19.4 Å². The largest absolute Gasteiger partial charge is 0.481 e. The maximum Gasteiger partial charge on any atom is 0.306 e. The molecular formula is C12H20O4. The third kappa shape index (κ3) is 2.83. The molecule has 0 saturated heterocycles. The first-order chi connectivity index (χ1) is 7.24. The lowest BCUT2D eigenvalue weighted by Gasteiger charge is -2.39. The normalized spacial score (nSPS) is 26.7. The summed E-state index contributed by atoms with van der Waals surface area (Å²) in [5.41, 5.74) is 1.36. The predicted octanol–water partition coefficient (Wildman–Crippen LogP) is 1.32. The third-order valence-corrected chi connectivity index (χ3v) is 3.18. The first-order valence-electron chi connectivity index (χ1n) is 5.52. The van der Waals surface area contributed by atoms with Gasteiger partial charge in [0.15, 0.2) is 0 Å². The molecule has 0 aromatic rings. The highest BCUT2D eigenvalue weighted by Crippen LogP contribution is 2.42. The Hall–Kier alpha value is -0.870. The summed E-state index contributed by atoms with van der Waals surface area (Å²) in [7, 11) is 0. The lowest BCUT2D eigenvalue weighted by molar-refractivity contribution is -0.138. The van der Waals surface area contributed by atoms with Gasteiger partial charge in [-0.15, -0.1) is 0 Å². The van der Waals surface area contributed by atoms with Crippen LogP contribution in [0.25, 0.3) is 0 Å². The van der Waals surface area contributed by atoms with E-state index in [4.69, 9.17) is 5.11 Å². The number of hydrogen-bond acceptors (Lipinski definition) is 3. The quantitative estimate of drug-likeness (QED) is 0.637. The smallest absolute Gasteiger partial charge is 0.306 e. The fourth-order valence-electron chi connectivity index (χ4n) is 2.82. The minimum absolute atomic E-state index is 0.272. The summed E-state index contributed by atoms with van der Waals surface area (Å²) in [5, 5.41) is 28.3. The molecule has 0 unspecified atom stereocenters. The van der Waals surface area contributed by atoms with Crippen LogP contribution in [0.15, 0.2) is 11.1 Å². The van der Waals surface area contributed by atoms with Crippen molar-refractivity contribution in [3.8, 4) is 0 Å². The lowest BCUT2D eigenvalue weighted by Crippen LogP contribution is -2.35. The van der Waals surface area contributed by atoms with Gasteiger partial charge in [0.05, 0.1) is 18.6 Å². The SMILES string of the molecule is CC1=C([C@H](O)CC(=O)O)C(C)(C)C[C@H](O)C1. The minimum atomic E-state index is -1.00. The van der Waals surface area contributed by atoms with Crippen LogP contribution in [0.5, 0.6) is 0 Å². The van der Waals surface area contributed by atoms with E-state index in [9.17, 15) is 15.0 Å². The van der Waals surface area contributed by atoms with Crippen LogP contribution in [0.4, 0.5) is 0 Å². The fraction of sp³-hybridized carbons (Fsp3) is 0.750. The number of carboxylic acid groups (broad SMARTS) is 1. The Morgan fingerprint density at radius 2 is 2.12 bits per heavy atom. The molecule has 0 bridgehead atoms. The molecule has 0 saturated carbocycles. The van der Waals surface area contributed by atoms with E-state index in [2.05, 4.69) is 0 Å². The van der Waals surface area contributed by atoms with Crippen LogP contribution in [0, 0.1) is 5.41 Å². The molecule has 0 amide bonds. The summed E-state index contributed by atoms with van der Waals surface area (Å²) in [6.07, 6.45) is -0.520. The zero-order chi connectivity index (χ0) is 12.5. The summed E-state index contributed by atoms with van der Waals surface area (Å²) in [6, 6.07) is 0. The van der Waals surface area contributed by atoms with Crippen molar-refractivity contribution in [2.75, 3.05) is 0 Å². The van der Waals surface area contributed by atoms with Crippen molar-refractivity contribution in [1.82, 2.24) is 0 Å². The van der Waals surface area contributed by atoms with Gasteiger partial charge in [-0.2, -0.15) is 0 Å². The number of rotatable bonds is 3. The van der Waals surface area contributed by atoms with Crippen molar-refractivity contribution >= 4 is 5.97 Å². The van der Waals surface area contributed by atoms with Gasteiger partial charge >= 0.3 is 5.97 Å². The van der Waals surface area contributed by atoms with Crippen LogP contribution in [-0.2, 0) is 4.79 Å². The molecule has 4 nitrogen and oxygen atoms in total. The second-order valence-corrected chi connectivity index (χ2v) is 5.25. The molecule has 1 aliphatic rings. The molecule has 0 heterocycles. The van der Waals surface area contributed by atoms with E-state index in [0.717, 1.165) is 11.1 Å². The van der Waals surface area contributed by atoms with Crippen molar-refractivity contribution in [2.24, 2.45) is 5.41 Å². The van der Waals surface area contributed by atoms with Crippen LogP contribution in [0.2, 0.25) is 0 Å². The molecule has 4 heteroatoms. The zero-order valence-corrected chi connectivity index (χ0v) is 10.0. The van der Waals surface area contributed by atoms with Gasteiger partial charge in [-0.25, -0.2) is 0 Å². The van der Waals surface area contributed by atoms with Crippen LogP contribution in [0.1, 0.15) is 40.0 Å². The molecule has 3 N–H and O–H groups in total. The summed E-state index contributed by atoms with van der Waals surface area (Å²) >= 11 is 0. The molecule has 0 fully saturated rings. The van der Waals surface area contributed by atoms with Gasteiger partial charge in [-0.05, 0) is 30.8 Å². The molecule has 92 valence electrons. The Labute approximate surface area is 95.6 Å². The molecule has 0 aliphatic heterocycles. The van der Waals surface area contributed by atoms with E-state index in [1.165, 1.54) is 0 Å². The molecule has 2 atom stereocenters. The summed E-state index contributed by atoms with van der Waals surface area (Å²) < 4.78 is 0. The molecular weight excluding hydrogens is 208 g/mol. The molecule has 0 radical (unpaired) electrons. The average Bonchev–Trinajstić information content (AvgIpc) is 1.96. The van der Waals surface area contributed by atoms with Crippen LogP contribution in [0.3, 0.4) is 0 Å². The second kappa shape index (κ2) is 4.55. The van der Waals surface area contributed by atoms with E-state index in [0.29, 0.717) is 12.8 Å². The molecule has 1 aliphatic carbocycles. The second-order valence-electron chi connectivity index (χ2n) is 5.25. The summed E-state index contributed by atoms with van der Waals surface area (Å²) in [6.45, 7) is 5.71. The molecule has 16 heavy (non-hydrogen) atoms. The lowest BCUT2D eigenvalue weighted by atomic mass is 9.69. The third-order valence-electron chi connectivity index (χ3n) is 3.18. The Balaban J connectivity index is 2.98.